The SMILES string of the molecule is CCCCC1(C)NCCc2ccsc21. The van der Waals surface area contributed by atoms with Crippen LogP contribution in [-0.4, -0.2) is 6.54 Å². The van der Waals surface area contributed by atoms with E-state index in [4.69, 9.17) is 0 Å². The van der Waals surface area contributed by atoms with Crippen LogP contribution in [0.2, 0.25) is 0 Å². The summed E-state index contributed by atoms with van der Waals surface area (Å²) in [4.78, 5) is 1.58. The maximum absolute atomic E-state index is 3.68. The molecule has 1 aromatic heterocycles. The van der Waals surface area contributed by atoms with Crippen molar-refractivity contribution in [3.05, 3.63) is 21.9 Å². The zero-order valence-corrected chi connectivity index (χ0v) is 9.91. The Balaban J connectivity index is 2.21. The first-order valence-electron chi connectivity index (χ1n) is 5.58. The number of fused-ring (bicyclic) bond motifs is 1. The predicted molar refractivity (Wildman–Crippen MR) is 62.9 cm³/mol. The molecular weight excluding hydrogens is 190 g/mol. The molecule has 0 aliphatic carbocycles. The van der Waals surface area contributed by atoms with Crippen LogP contribution < -0.4 is 5.32 Å². The fourth-order valence-electron chi connectivity index (χ4n) is 2.30. The van der Waals surface area contributed by atoms with Crippen LogP contribution >= 0.6 is 11.3 Å². The Kier molecular flexibility index (Phi) is 2.93. The van der Waals surface area contributed by atoms with E-state index >= 15 is 0 Å². The highest BCUT2D eigenvalue weighted by molar-refractivity contribution is 7.10. The maximum Gasteiger partial charge on any atom is 0.0503 e. The molecule has 1 aliphatic heterocycles. The molecule has 2 rings (SSSR count). The van der Waals surface area contributed by atoms with Crippen molar-refractivity contribution in [1.82, 2.24) is 5.32 Å². The maximum atomic E-state index is 3.68. The van der Waals surface area contributed by atoms with Crippen LogP contribution in [0.25, 0.3) is 0 Å². The molecule has 0 spiro atoms. The van der Waals surface area contributed by atoms with Gasteiger partial charge in [0.2, 0.25) is 0 Å². The number of rotatable bonds is 3. The highest BCUT2D eigenvalue weighted by Crippen LogP contribution is 2.36. The summed E-state index contributed by atoms with van der Waals surface area (Å²) in [6, 6.07) is 2.30. The van der Waals surface area contributed by atoms with Gasteiger partial charge >= 0.3 is 0 Å². The van der Waals surface area contributed by atoms with Crippen LogP contribution in [0.1, 0.15) is 43.6 Å². The van der Waals surface area contributed by atoms with Crippen LogP contribution in [0.15, 0.2) is 11.4 Å². The van der Waals surface area contributed by atoms with E-state index in [-0.39, 0.29) is 5.54 Å². The Hall–Kier alpha value is -0.340. The Morgan fingerprint density at radius 2 is 2.43 bits per heavy atom. The van der Waals surface area contributed by atoms with E-state index in [0.29, 0.717) is 0 Å². The van der Waals surface area contributed by atoms with Crippen molar-refractivity contribution >= 4 is 11.3 Å². The third-order valence-corrected chi connectivity index (χ3v) is 4.41. The zero-order valence-electron chi connectivity index (χ0n) is 9.10. The lowest BCUT2D eigenvalue weighted by atomic mass is 9.87. The Bertz CT molecular complexity index is 305. The van der Waals surface area contributed by atoms with Crippen molar-refractivity contribution in [2.24, 2.45) is 0 Å². The van der Waals surface area contributed by atoms with Crippen molar-refractivity contribution in [1.29, 1.82) is 0 Å². The summed E-state index contributed by atoms with van der Waals surface area (Å²) in [5.41, 5.74) is 1.84. The summed E-state index contributed by atoms with van der Waals surface area (Å²) in [7, 11) is 0. The van der Waals surface area contributed by atoms with Gasteiger partial charge in [-0.2, -0.15) is 0 Å². The van der Waals surface area contributed by atoms with Gasteiger partial charge < -0.3 is 5.32 Å². The van der Waals surface area contributed by atoms with E-state index in [2.05, 4.69) is 30.6 Å². The van der Waals surface area contributed by atoms with E-state index < -0.39 is 0 Å². The number of unbranched alkanes of at least 4 members (excludes halogenated alkanes) is 1. The average Bonchev–Trinajstić information content (AvgIpc) is 2.65. The number of hydrogen-bond donors (Lipinski definition) is 1. The van der Waals surface area contributed by atoms with Crippen molar-refractivity contribution in [3.63, 3.8) is 0 Å². The second kappa shape index (κ2) is 4.03. The van der Waals surface area contributed by atoms with E-state index in [1.807, 2.05) is 11.3 Å². The Morgan fingerprint density at radius 1 is 1.57 bits per heavy atom. The van der Waals surface area contributed by atoms with Gasteiger partial charge in [0.1, 0.15) is 0 Å². The molecular formula is C12H19NS. The third kappa shape index (κ3) is 1.73. The van der Waals surface area contributed by atoms with Gasteiger partial charge in [0.15, 0.2) is 0 Å². The molecule has 0 saturated carbocycles. The van der Waals surface area contributed by atoms with Gasteiger partial charge in [-0.15, -0.1) is 11.3 Å². The van der Waals surface area contributed by atoms with Gasteiger partial charge in [0.05, 0.1) is 5.54 Å². The molecule has 0 amide bonds. The van der Waals surface area contributed by atoms with E-state index in [1.165, 1.54) is 25.7 Å². The van der Waals surface area contributed by atoms with E-state index in [1.54, 1.807) is 10.4 Å². The molecule has 78 valence electrons. The summed E-state index contributed by atoms with van der Waals surface area (Å²) in [6.07, 6.45) is 5.09. The van der Waals surface area contributed by atoms with Crippen molar-refractivity contribution < 1.29 is 0 Å². The molecule has 14 heavy (non-hydrogen) atoms. The van der Waals surface area contributed by atoms with Crippen molar-refractivity contribution in [2.45, 2.75) is 45.1 Å². The van der Waals surface area contributed by atoms with Crippen LogP contribution in [0, 0.1) is 0 Å². The first kappa shape index (κ1) is 10.2. The van der Waals surface area contributed by atoms with Gasteiger partial charge in [-0.1, -0.05) is 19.8 Å². The molecule has 0 fully saturated rings. The average molecular weight is 209 g/mol. The molecule has 1 N–H and O–H groups in total. The van der Waals surface area contributed by atoms with Gasteiger partial charge in [0, 0.05) is 11.4 Å². The molecule has 2 heteroatoms. The normalized spacial score (nSPS) is 26.1. The predicted octanol–water partition coefficient (Wildman–Crippen LogP) is 3.30. The second-order valence-corrected chi connectivity index (χ2v) is 5.30. The minimum absolute atomic E-state index is 0.262. The molecule has 0 aromatic carbocycles. The molecule has 0 bridgehead atoms. The monoisotopic (exact) mass is 209 g/mol. The summed E-state index contributed by atoms with van der Waals surface area (Å²) in [5, 5.41) is 5.92. The topological polar surface area (TPSA) is 12.0 Å². The first-order valence-corrected chi connectivity index (χ1v) is 6.46. The second-order valence-electron chi connectivity index (χ2n) is 4.39. The molecule has 0 saturated heterocycles. The van der Waals surface area contributed by atoms with Gasteiger partial charge in [-0.05, 0) is 36.8 Å². The van der Waals surface area contributed by atoms with Gasteiger partial charge in [-0.3, -0.25) is 0 Å². The molecule has 1 nitrogen and oxygen atoms in total. The standard InChI is InChI=1S/C12H19NS/c1-3-4-7-12(2)11-10(5-8-13-12)6-9-14-11/h6,9,13H,3-5,7-8H2,1-2H3. The van der Waals surface area contributed by atoms with Crippen LogP contribution in [0.3, 0.4) is 0 Å². The summed E-state index contributed by atoms with van der Waals surface area (Å²) in [6.45, 7) is 5.77. The van der Waals surface area contributed by atoms with E-state index in [9.17, 15) is 0 Å². The zero-order chi connectivity index (χ0) is 10.0. The van der Waals surface area contributed by atoms with Crippen LogP contribution in [0.5, 0.6) is 0 Å². The van der Waals surface area contributed by atoms with Crippen LogP contribution in [0.4, 0.5) is 0 Å². The minimum atomic E-state index is 0.262. The smallest absolute Gasteiger partial charge is 0.0503 e. The summed E-state index contributed by atoms with van der Waals surface area (Å²) < 4.78 is 0. The van der Waals surface area contributed by atoms with Crippen molar-refractivity contribution in [2.75, 3.05) is 6.54 Å². The number of hydrogen-bond acceptors (Lipinski definition) is 2. The molecule has 1 aromatic rings. The summed E-state index contributed by atoms with van der Waals surface area (Å²) >= 11 is 1.92. The van der Waals surface area contributed by atoms with Crippen LogP contribution in [-0.2, 0) is 12.0 Å². The molecule has 1 atom stereocenters. The molecule has 1 aliphatic rings. The Morgan fingerprint density at radius 3 is 3.21 bits per heavy atom. The number of nitrogens with one attached hydrogen (secondary N) is 1. The largest absolute Gasteiger partial charge is 0.307 e. The number of thiophene rings is 1. The third-order valence-electron chi connectivity index (χ3n) is 3.19. The van der Waals surface area contributed by atoms with Gasteiger partial charge in [-0.25, -0.2) is 0 Å². The lowest BCUT2D eigenvalue weighted by molar-refractivity contribution is 0.321. The molecule has 1 unspecified atom stereocenters. The highest BCUT2D eigenvalue weighted by atomic mass is 32.1. The minimum Gasteiger partial charge on any atom is -0.307 e. The lowest BCUT2D eigenvalue weighted by Crippen LogP contribution is -2.43. The molecule has 2 heterocycles. The fourth-order valence-corrected chi connectivity index (χ4v) is 3.43. The Labute approximate surface area is 90.5 Å². The lowest BCUT2D eigenvalue weighted by Gasteiger charge is -2.35. The summed E-state index contributed by atoms with van der Waals surface area (Å²) in [5.74, 6) is 0. The molecule has 0 radical (unpaired) electrons. The first-order chi connectivity index (χ1) is 6.76. The fraction of sp³-hybridized carbons (Fsp3) is 0.667. The van der Waals surface area contributed by atoms with Gasteiger partial charge in [0.25, 0.3) is 0 Å². The highest BCUT2D eigenvalue weighted by Gasteiger charge is 2.31. The van der Waals surface area contributed by atoms with Crippen molar-refractivity contribution in [3.8, 4) is 0 Å². The van der Waals surface area contributed by atoms with E-state index in [0.717, 1.165) is 6.54 Å². The quantitative estimate of drug-likeness (QED) is 0.805.